The van der Waals surface area contributed by atoms with Gasteiger partial charge < -0.3 is 20.1 Å². The Morgan fingerprint density at radius 3 is 1.44 bits per heavy atom. The third-order valence-electron chi connectivity index (χ3n) is 5.09. The molecule has 0 bridgehead atoms. The molecule has 0 radical (unpaired) electrons. The smallest absolute Gasteiger partial charge is 0.0981 e. The Balaban J connectivity index is 1.41. The molecule has 25 heavy (non-hydrogen) atoms. The molecule has 4 rings (SSSR count). The molecule has 2 saturated heterocycles. The molecular weight excluding hydrogens is 312 g/mol. The number of rotatable bonds is 8. The Bertz CT molecular complexity index is 640. The maximum absolute atomic E-state index is 5.23. The monoisotopic (exact) mass is 338 g/mol. The van der Waals surface area contributed by atoms with Gasteiger partial charge in [0, 0.05) is 29.9 Å². The van der Waals surface area contributed by atoms with Crippen molar-refractivity contribution in [1.29, 1.82) is 0 Å². The highest BCUT2D eigenvalue weighted by Gasteiger charge is 2.24. The van der Waals surface area contributed by atoms with Gasteiger partial charge in [0.2, 0.25) is 0 Å². The molecule has 2 atom stereocenters. The van der Waals surface area contributed by atoms with Gasteiger partial charge in [-0.3, -0.25) is 0 Å². The molecule has 2 unspecified atom stereocenters. The Hall–Kier alpha value is -2.04. The van der Waals surface area contributed by atoms with Crippen molar-refractivity contribution in [1.82, 2.24) is 0 Å². The molecule has 0 saturated carbocycles. The highest BCUT2D eigenvalue weighted by molar-refractivity contribution is 5.51. The van der Waals surface area contributed by atoms with Crippen LogP contribution in [0.2, 0.25) is 0 Å². The van der Waals surface area contributed by atoms with Crippen LogP contribution in [0.3, 0.4) is 0 Å². The lowest BCUT2D eigenvalue weighted by molar-refractivity contribution is 0.416. The topological polar surface area (TPSA) is 49.1 Å². The zero-order valence-corrected chi connectivity index (χ0v) is 14.9. The lowest BCUT2D eigenvalue weighted by atomic mass is 9.78. The van der Waals surface area contributed by atoms with Crippen LogP contribution < -0.4 is 10.6 Å². The second kappa shape index (κ2) is 6.70. The first kappa shape index (κ1) is 16.4. The molecule has 2 aromatic carbocycles. The van der Waals surface area contributed by atoms with Gasteiger partial charge in [0.25, 0.3) is 0 Å². The summed E-state index contributed by atoms with van der Waals surface area (Å²) in [6, 6.07) is 17.5. The van der Waals surface area contributed by atoms with Crippen LogP contribution in [0, 0.1) is 0 Å². The van der Waals surface area contributed by atoms with Gasteiger partial charge in [-0.2, -0.15) is 0 Å². The third kappa shape index (κ3) is 4.14. The van der Waals surface area contributed by atoms with E-state index in [-0.39, 0.29) is 5.41 Å². The SMILES string of the molecule is CC(C)(c1ccc(NCC2CO2)cc1)c1ccc(NCC2CO2)cc1. The summed E-state index contributed by atoms with van der Waals surface area (Å²) < 4.78 is 10.5. The first-order valence-electron chi connectivity index (χ1n) is 9.03. The Labute approximate surface area is 149 Å². The van der Waals surface area contributed by atoms with Crippen LogP contribution in [-0.2, 0) is 14.9 Å². The van der Waals surface area contributed by atoms with E-state index in [0.29, 0.717) is 12.2 Å². The zero-order chi connectivity index (χ0) is 17.3. The van der Waals surface area contributed by atoms with Crippen LogP contribution in [-0.4, -0.2) is 38.5 Å². The normalized spacial score (nSPS) is 21.7. The molecule has 0 aliphatic carbocycles. The Kier molecular flexibility index (Phi) is 4.40. The number of nitrogens with one attached hydrogen (secondary N) is 2. The Morgan fingerprint density at radius 1 is 0.760 bits per heavy atom. The van der Waals surface area contributed by atoms with Gasteiger partial charge >= 0.3 is 0 Å². The van der Waals surface area contributed by atoms with Gasteiger partial charge in [0.15, 0.2) is 0 Å². The molecule has 0 spiro atoms. The first-order chi connectivity index (χ1) is 12.1. The van der Waals surface area contributed by atoms with Crippen LogP contribution in [0.1, 0.15) is 25.0 Å². The minimum absolute atomic E-state index is 0.0315. The highest BCUT2D eigenvalue weighted by Crippen LogP contribution is 2.33. The van der Waals surface area contributed by atoms with Gasteiger partial charge in [0.05, 0.1) is 25.4 Å². The number of benzene rings is 2. The number of hydrogen-bond donors (Lipinski definition) is 2. The molecule has 4 heteroatoms. The Morgan fingerprint density at radius 2 is 1.12 bits per heavy atom. The third-order valence-corrected chi connectivity index (χ3v) is 5.09. The molecule has 2 aromatic rings. The molecule has 132 valence electrons. The van der Waals surface area contributed by atoms with E-state index in [0.717, 1.165) is 37.7 Å². The lowest BCUT2D eigenvalue weighted by Crippen LogP contribution is -2.19. The second-order valence-electron chi connectivity index (χ2n) is 7.45. The van der Waals surface area contributed by atoms with E-state index in [2.05, 4.69) is 73.0 Å². The van der Waals surface area contributed by atoms with Gasteiger partial charge in [0.1, 0.15) is 0 Å². The van der Waals surface area contributed by atoms with E-state index in [1.807, 2.05) is 0 Å². The molecular formula is C21H26N2O2. The predicted octanol–water partition coefficient (Wildman–Crippen LogP) is 3.63. The average Bonchev–Trinajstić information content (AvgIpc) is 3.54. The van der Waals surface area contributed by atoms with Crippen molar-refractivity contribution < 1.29 is 9.47 Å². The quantitative estimate of drug-likeness (QED) is 0.722. The fourth-order valence-corrected chi connectivity index (χ4v) is 3.01. The average molecular weight is 338 g/mol. The van der Waals surface area contributed by atoms with Crippen molar-refractivity contribution in [3.63, 3.8) is 0 Å². The van der Waals surface area contributed by atoms with Crippen molar-refractivity contribution in [3.05, 3.63) is 59.7 Å². The van der Waals surface area contributed by atoms with Crippen LogP contribution in [0.25, 0.3) is 0 Å². The van der Waals surface area contributed by atoms with E-state index in [1.54, 1.807) is 0 Å². The largest absolute Gasteiger partial charge is 0.382 e. The van der Waals surface area contributed by atoms with E-state index >= 15 is 0 Å². The van der Waals surface area contributed by atoms with Crippen molar-refractivity contribution >= 4 is 11.4 Å². The van der Waals surface area contributed by atoms with Gasteiger partial charge in [-0.1, -0.05) is 38.1 Å². The fourth-order valence-electron chi connectivity index (χ4n) is 3.01. The standard InChI is InChI=1S/C21H26N2O2/c1-21(2,15-3-7-17(8-4-15)22-11-19-13-24-19)16-5-9-18(10-6-16)23-12-20-14-25-20/h3-10,19-20,22-23H,11-14H2,1-2H3. The number of ether oxygens (including phenoxy) is 2. The number of epoxide rings is 2. The molecule has 2 aliphatic rings. The van der Waals surface area contributed by atoms with Crippen LogP contribution in [0.15, 0.2) is 48.5 Å². The van der Waals surface area contributed by atoms with Crippen molar-refractivity contribution in [3.8, 4) is 0 Å². The number of anilines is 2. The van der Waals surface area contributed by atoms with Gasteiger partial charge in [-0.05, 0) is 35.4 Å². The minimum Gasteiger partial charge on any atom is -0.382 e. The van der Waals surface area contributed by atoms with Crippen molar-refractivity contribution in [2.75, 3.05) is 36.9 Å². The van der Waals surface area contributed by atoms with Gasteiger partial charge in [-0.15, -0.1) is 0 Å². The summed E-state index contributed by atoms with van der Waals surface area (Å²) in [6.45, 7) is 8.10. The molecule has 0 amide bonds. The lowest BCUT2D eigenvalue weighted by Gasteiger charge is -2.26. The van der Waals surface area contributed by atoms with Crippen LogP contribution in [0.4, 0.5) is 11.4 Å². The minimum atomic E-state index is -0.0315. The fraction of sp³-hybridized carbons (Fsp3) is 0.429. The molecule has 2 fully saturated rings. The van der Waals surface area contributed by atoms with Crippen LogP contribution in [0.5, 0.6) is 0 Å². The first-order valence-corrected chi connectivity index (χ1v) is 9.03. The molecule has 2 N–H and O–H groups in total. The maximum Gasteiger partial charge on any atom is 0.0981 e. The summed E-state index contributed by atoms with van der Waals surface area (Å²) in [5.41, 5.74) is 4.89. The van der Waals surface area contributed by atoms with E-state index in [4.69, 9.17) is 9.47 Å². The second-order valence-corrected chi connectivity index (χ2v) is 7.45. The highest BCUT2D eigenvalue weighted by atomic mass is 16.6. The summed E-state index contributed by atoms with van der Waals surface area (Å²) in [7, 11) is 0. The summed E-state index contributed by atoms with van der Waals surface area (Å²) >= 11 is 0. The van der Waals surface area contributed by atoms with E-state index in [9.17, 15) is 0 Å². The van der Waals surface area contributed by atoms with E-state index < -0.39 is 0 Å². The summed E-state index contributed by atoms with van der Waals surface area (Å²) in [6.07, 6.45) is 0.796. The molecule has 0 aromatic heterocycles. The molecule has 4 nitrogen and oxygen atoms in total. The summed E-state index contributed by atoms with van der Waals surface area (Å²) in [5.74, 6) is 0. The molecule has 2 aliphatic heterocycles. The zero-order valence-electron chi connectivity index (χ0n) is 14.9. The number of hydrogen-bond acceptors (Lipinski definition) is 4. The predicted molar refractivity (Wildman–Crippen MR) is 101 cm³/mol. The van der Waals surface area contributed by atoms with Crippen molar-refractivity contribution in [2.24, 2.45) is 0 Å². The van der Waals surface area contributed by atoms with E-state index in [1.165, 1.54) is 11.1 Å². The van der Waals surface area contributed by atoms with Crippen LogP contribution >= 0.6 is 0 Å². The maximum atomic E-state index is 5.23. The van der Waals surface area contributed by atoms with Gasteiger partial charge in [-0.25, -0.2) is 0 Å². The molecule has 2 heterocycles. The summed E-state index contributed by atoms with van der Waals surface area (Å²) in [4.78, 5) is 0. The summed E-state index contributed by atoms with van der Waals surface area (Å²) in [5, 5.41) is 6.83. The van der Waals surface area contributed by atoms with Crippen molar-refractivity contribution in [2.45, 2.75) is 31.5 Å².